The zero-order valence-electron chi connectivity index (χ0n) is 15.5. The molecule has 4 N–H and O–H groups in total. The Morgan fingerprint density at radius 1 is 1.48 bits per heavy atom. The number of hydrogen-bond donors (Lipinski definition) is 4. The summed E-state index contributed by atoms with van der Waals surface area (Å²) in [4.78, 5) is 45.9. The summed E-state index contributed by atoms with van der Waals surface area (Å²) in [5.74, 6) is -1.70. The van der Waals surface area contributed by atoms with E-state index in [4.69, 9.17) is 9.26 Å². The third-order valence-electron chi connectivity index (χ3n) is 4.57. The van der Waals surface area contributed by atoms with Crippen molar-refractivity contribution in [3.8, 4) is 0 Å². The Morgan fingerprint density at radius 3 is 2.79 bits per heavy atom. The zero-order chi connectivity index (χ0) is 21.3. The Morgan fingerprint density at radius 2 is 2.21 bits per heavy atom. The fraction of sp³-hybridized carbons (Fsp3) is 0.600. The number of anilines is 1. The second kappa shape index (κ2) is 8.61. The molecule has 0 saturated carbocycles. The minimum Gasteiger partial charge on any atom is -0.566 e. The molecule has 0 aliphatic carbocycles. The number of rotatable bonds is 7. The number of H-pyrrole nitrogens is 1. The van der Waals surface area contributed by atoms with Crippen LogP contribution in [0.1, 0.15) is 20.1 Å². The maximum Gasteiger partial charge on any atom is 0.488 e. The van der Waals surface area contributed by atoms with E-state index in [1.54, 1.807) is 13.8 Å². The van der Waals surface area contributed by atoms with Crippen LogP contribution in [-0.4, -0.2) is 61.1 Å². The molecule has 0 spiro atoms. The molecule has 2 aromatic rings. The summed E-state index contributed by atoms with van der Waals surface area (Å²) < 4.78 is 23.0. The molecular formula is C15H20N5O8P. The number of aromatic nitrogens is 4. The minimum absolute atomic E-state index is 0.00260. The Balaban J connectivity index is 2.05. The number of carbonyl (C=O) groups excluding carboxylic acids is 1. The van der Waals surface area contributed by atoms with Crippen molar-refractivity contribution < 1.29 is 33.7 Å². The van der Waals surface area contributed by atoms with Gasteiger partial charge >= 0.3 is 8.25 Å². The first-order valence-corrected chi connectivity index (χ1v) is 9.82. The van der Waals surface area contributed by atoms with Crippen LogP contribution in [-0.2, 0) is 18.6 Å². The molecule has 0 bridgehead atoms. The molecule has 1 saturated heterocycles. The highest BCUT2D eigenvalue weighted by molar-refractivity contribution is 7.30. The number of ether oxygens (including phenoxy) is 1. The van der Waals surface area contributed by atoms with Crippen molar-refractivity contribution in [3.63, 3.8) is 0 Å². The first kappa shape index (κ1) is 21.4. The first-order chi connectivity index (χ1) is 13.8. The van der Waals surface area contributed by atoms with Gasteiger partial charge in [-0.1, -0.05) is 13.8 Å². The van der Waals surface area contributed by atoms with Crippen molar-refractivity contribution in [3.05, 3.63) is 16.7 Å². The quantitative estimate of drug-likeness (QED) is 0.381. The van der Waals surface area contributed by atoms with Gasteiger partial charge in [0, 0.05) is 11.8 Å². The first-order valence-electron chi connectivity index (χ1n) is 8.72. The number of carbonyl (C=O) groups is 1. The number of aliphatic hydroxyl groups excluding tert-OH is 2. The van der Waals surface area contributed by atoms with E-state index in [2.05, 4.69) is 20.3 Å². The number of nitrogens with one attached hydrogen (secondary N) is 2. The van der Waals surface area contributed by atoms with E-state index in [1.165, 1.54) is 10.9 Å². The molecule has 5 atom stereocenters. The predicted octanol–water partition coefficient (Wildman–Crippen LogP) is -1.38. The van der Waals surface area contributed by atoms with Gasteiger partial charge in [-0.2, -0.15) is 4.98 Å². The topological polar surface area (TPSA) is 192 Å². The van der Waals surface area contributed by atoms with Crippen molar-refractivity contribution >= 4 is 31.3 Å². The minimum atomic E-state index is -3.30. The summed E-state index contributed by atoms with van der Waals surface area (Å²) in [6, 6.07) is 0. The third kappa shape index (κ3) is 4.20. The number of nitrogens with zero attached hydrogens (tertiary/aromatic N) is 3. The second-order valence-corrected chi connectivity index (χ2v) is 7.43. The Hall–Kier alpha value is -2.28. The SMILES string of the molecule is CC(C)C(=O)Nc1nc2c(ncn2C2OC(CO)C(CO)C2O[P+](=O)[O-])c(=O)[nH]1. The van der Waals surface area contributed by atoms with Crippen LogP contribution in [0, 0.1) is 11.8 Å². The van der Waals surface area contributed by atoms with Gasteiger partial charge in [0.1, 0.15) is 0 Å². The van der Waals surface area contributed by atoms with E-state index in [1.807, 2.05) is 0 Å². The summed E-state index contributed by atoms with van der Waals surface area (Å²) in [5.41, 5.74) is -0.701. The number of aliphatic hydroxyl groups is 2. The highest BCUT2D eigenvalue weighted by atomic mass is 31.1. The molecule has 1 aliphatic rings. The van der Waals surface area contributed by atoms with Crippen LogP contribution in [0.25, 0.3) is 11.2 Å². The van der Waals surface area contributed by atoms with E-state index in [-0.39, 0.29) is 28.9 Å². The van der Waals surface area contributed by atoms with Crippen molar-refractivity contribution in [1.29, 1.82) is 0 Å². The molecule has 13 nitrogen and oxygen atoms in total. The predicted molar refractivity (Wildman–Crippen MR) is 95.7 cm³/mol. The lowest BCUT2D eigenvalue weighted by atomic mass is 9.99. The molecule has 3 rings (SSSR count). The van der Waals surface area contributed by atoms with Gasteiger partial charge in [-0.15, -0.1) is 4.52 Å². The van der Waals surface area contributed by atoms with Crippen LogP contribution in [0.4, 0.5) is 5.95 Å². The lowest BCUT2D eigenvalue weighted by Crippen LogP contribution is -2.32. The largest absolute Gasteiger partial charge is 0.566 e. The fourth-order valence-corrected chi connectivity index (χ4v) is 3.53. The highest BCUT2D eigenvalue weighted by Gasteiger charge is 2.49. The molecule has 0 radical (unpaired) electrons. The van der Waals surface area contributed by atoms with E-state index in [0.717, 1.165) is 0 Å². The number of aromatic amines is 1. The fourth-order valence-electron chi connectivity index (χ4n) is 3.07. The van der Waals surface area contributed by atoms with Gasteiger partial charge in [0.15, 0.2) is 23.5 Å². The molecule has 158 valence electrons. The van der Waals surface area contributed by atoms with Crippen molar-refractivity contribution in [2.45, 2.75) is 32.3 Å². The Bertz CT molecular complexity index is 975. The monoisotopic (exact) mass is 429 g/mol. The number of fused-ring (bicyclic) bond motifs is 1. The third-order valence-corrected chi connectivity index (χ3v) is 4.98. The van der Waals surface area contributed by atoms with Crippen LogP contribution >= 0.6 is 8.25 Å². The zero-order valence-corrected chi connectivity index (χ0v) is 16.4. The molecule has 1 fully saturated rings. The molecule has 3 heterocycles. The van der Waals surface area contributed by atoms with Gasteiger partial charge in [-0.05, 0) is 4.57 Å². The van der Waals surface area contributed by atoms with Crippen molar-refractivity contribution in [2.24, 2.45) is 11.8 Å². The smallest absolute Gasteiger partial charge is 0.488 e. The molecule has 1 amide bonds. The van der Waals surface area contributed by atoms with Gasteiger partial charge in [0.2, 0.25) is 11.9 Å². The second-order valence-electron chi connectivity index (χ2n) is 6.77. The Kier molecular flexibility index (Phi) is 6.36. The average molecular weight is 429 g/mol. The van der Waals surface area contributed by atoms with Crippen LogP contribution in [0.3, 0.4) is 0 Å². The van der Waals surface area contributed by atoms with Crippen LogP contribution < -0.4 is 15.8 Å². The maximum atomic E-state index is 12.3. The molecule has 1 aliphatic heterocycles. The van der Waals surface area contributed by atoms with Crippen LogP contribution in [0.2, 0.25) is 0 Å². The molecule has 29 heavy (non-hydrogen) atoms. The summed E-state index contributed by atoms with van der Waals surface area (Å²) in [6.45, 7) is 2.33. The van der Waals surface area contributed by atoms with E-state index in [9.17, 15) is 29.3 Å². The summed E-state index contributed by atoms with van der Waals surface area (Å²) >= 11 is 0. The molecule has 14 heteroatoms. The van der Waals surface area contributed by atoms with Crippen LogP contribution in [0.5, 0.6) is 0 Å². The summed E-state index contributed by atoms with van der Waals surface area (Å²) in [7, 11) is -3.30. The molecule has 5 unspecified atom stereocenters. The lowest BCUT2D eigenvalue weighted by molar-refractivity contribution is -0.193. The lowest BCUT2D eigenvalue weighted by Gasteiger charge is -2.18. The average Bonchev–Trinajstić information content (AvgIpc) is 3.22. The molecule has 2 aromatic heterocycles. The van der Waals surface area contributed by atoms with Crippen LogP contribution in [0.15, 0.2) is 11.1 Å². The highest BCUT2D eigenvalue weighted by Crippen LogP contribution is 2.40. The Labute approximate surface area is 164 Å². The molecule has 0 aromatic carbocycles. The van der Waals surface area contributed by atoms with E-state index in [0.29, 0.717) is 0 Å². The van der Waals surface area contributed by atoms with Gasteiger partial charge in [-0.3, -0.25) is 24.5 Å². The van der Waals surface area contributed by atoms with Gasteiger partial charge in [-0.25, -0.2) is 4.98 Å². The number of imidazole rings is 1. The standard InChI is InChI=1S/C15H20N5O8P/c1-6(2)12(23)18-15-17-11-9(13(24)19-15)16-5-20(11)14-10(28-29(25)26)7(3-21)8(4-22)27-14/h5-8,10,14,21-22H,3-4H2,1-2H3,(H2,17,18,19,23,24). The maximum absolute atomic E-state index is 12.3. The summed E-state index contributed by atoms with van der Waals surface area (Å²) in [6.07, 6.45) is -2.05. The van der Waals surface area contributed by atoms with Gasteiger partial charge in [0.05, 0.1) is 25.6 Å². The van der Waals surface area contributed by atoms with Gasteiger partial charge in [0.25, 0.3) is 5.56 Å². The number of amides is 1. The van der Waals surface area contributed by atoms with E-state index >= 15 is 0 Å². The van der Waals surface area contributed by atoms with E-state index < -0.39 is 51.4 Å². The normalized spacial score (nSPS) is 25.0. The van der Waals surface area contributed by atoms with Crippen molar-refractivity contribution in [2.75, 3.05) is 18.5 Å². The molecular weight excluding hydrogens is 409 g/mol. The summed E-state index contributed by atoms with van der Waals surface area (Å²) in [5, 5.41) is 21.6. The van der Waals surface area contributed by atoms with Gasteiger partial charge < -0.3 is 19.8 Å². The van der Waals surface area contributed by atoms with Crippen molar-refractivity contribution in [1.82, 2.24) is 19.5 Å². The number of hydrogen-bond acceptors (Lipinski definition) is 10.